The quantitative estimate of drug-likeness (QED) is 0.735. The summed E-state index contributed by atoms with van der Waals surface area (Å²) in [7, 11) is 1.92. The molecule has 1 atom stereocenters. The van der Waals surface area contributed by atoms with Gasteiger partial charge in [-0.1, -0.05) is 12.1 Å². The predicted octanol–water partition coefficient (Wildman–Crippen LogP) is 3.26. The Balaban J connectivity index is 1.43. The third-order valence-corrected chi connectivity index (χ3v) is 5.27. The molecule has 1 aromatic carbocycles. The van der Waals surface area contributed by atoms with Crippen LogP contribution in [0.1, 0.15) is 43.2 Å². The Labute approximate surface area is 161 Å². The topological polar surface area (TPSA) is 70.4 Å². The molecule has 0 saturated carbocycles. The lowest BCUT2D eigenvalue weighted by molar-refractivity contribution is 0.146. The van der Waals surface area contributed by atoms with Gasteiger partial charge in [0.05, 0.1) is 6.20 Å². The van der Waals surface area contributed by atoms with Gasteiger partial charge in [-0.3, -0.25) is 4.68 Å². The van der Waals surface area contributed by atoms with Crippen molar-refractivity contribution in [3.63, 3.8) is 0 Å². The molecular formula is C21H30N4O2. The molecular weight excluding hydrogens is 340 g/mol. The van der Waals surface area contributed by atoms with Crippen LogP contribution >= 0.6 is 0 Å². The van der Waals surface area contributed by atoms with E-state index >= 15 is 0 Å². The summed E-state index contributed by atoms with van der Waals surface area (Å²) in [5.41, 5.74) is 2.41. The molecule has 1 aliphatic heterocycles. The molecule has 2 N–H and O–H groups in total. The van der Waals surface area contributed by atoms with Gasteiger partial charge in [0.1, 0.15) is 5.75 Å². The molecule has 3 rings (SSSR count). The van der Waals surface area contributed by atoms with Crippen LogP contribution in [-0.2, 0) is 19.9 Å². The zero-order valence-electron chi connectivity index (χ0n) is 16.1. The number of urea groups is 1. The number of phenols is 1. The van der Waals surface area contributed by atoms with Crippen molar-refractivity contribution in [2.24, 2.45) is 7.05 Å². The minimum absolute atomic E-state index is 0.0663. The average molecular weight is 370 g/mol. The normalized spacial score (nSPS) is 17.1. The van der Waals surface area contributed by atoms with Crippen molar-refractivity contribution >= 4 is 6.03 Å². The molecule has 6 heteroatoms. The maximum absolute atomic E-state index is 12.6. The number of nitrogens with one attached hydrogen (secondary N) is 1. The van der Waals surface area contributed by atoms with Crippen molar-refractivity contribution in [3.05, 3.63) is 47.8 Å². The van der Waals surface area contributed by atoms with Crippen LogP contribution in [0.5, 0.6) is 5.75 Å². The smallest absolute Gasteiger partial charge is 0.317 e. The van der Waals surface area contributed by atoms with E-state index in [2.05, 4.69) is 10.4 Å². The molecule has 1 unspecified atom stereocenters. The highest BCUT2D eigenvalue weighted by atomic mass is 16.3. The van der Waals surface area contributed by atoms with Gasteiger partial charge in [0.15, 0.2) is 0 Å². The van der Waals surface area contributed by atoms with Crippen molar-refractivity contribution < 1.29 is 9.90 Å². The van der Waals surface area contributed by atoms with E-state index in [0.29, 0.717) is 18.3 Å². The van der Waals surface area contributed by atoms with Crippen molar-refractivity contribution in [1.82, 2.24) is 20.0 Å². The molecule has 6 nitrogen and oxygen atoms in total. The lowest BCUT2D eigenvalue weighted by atomic mass is 9.96. The van der Waals surface area contributed by atoms with E-state index in [1.807, 2.05) is 36.5 Å². The molecule has 1 fully saturated rings. The molecule has 1 saturated heterocycles. The van der Waals surface area contributed by atoms with Crippen molar-refractivity contribution in [1.29, 1.82) is 0 Å². The molecule has 2 amide bonds. The van der Waals surface area contributed by atoms with Gasteiger partial charge >= 0.3 is 6.03 Å². The zero-order chi connectivity index (χ0) is 19.1. The van der Waals surface area contributed by atoms with Crippen molar-refractivity contribution in [2.75, 3.05) is 13.1 Å². The van der Waals surface area contributed by atoms with Gasteiger partial charge in [-0.15, -0.1) is 0 Å². The number of carbonyl (C=O) groups is 1. The Kier molecular flexibility index (Phi) is 6.74. The van der Waals surface area contributed by atoms with Crippen LogP contribution in [0.25, 0.3) is 0 Å². The minimum atomic E-state index is 0.0663. The number of hydrogen-bond donors (Lipinski definition) is 2. The van der Waals surface area contributed by atoms with Gasteiger partial charge < -0.3 is 15.3 Å². The largest absolute Gasteiger partial charge is 0.508 e. The number of aryl methyl sites for hydroxylation is 3. The summed E-state index contributed by atoms with van der Waals surface area (Å²) < 4.78 is 1.81. The predicted molar refractivity (Wildman–Crippen MR) is 106 cm³/mol. The summed E-state index contributed by atoms with van der Waals surface area (Å²) >= 11 is 0. The number of aromatic hydroxyl groups is 1. The monoisotopic (exact) mass is 370 g/mol. The second kappa shape index (κ2) is 9.44. The van der Waals surface area contributed by atoms with Crippen LogP contribution < -0.4 is 5.32 Å². The third-order valence-electron chi connectivity index (χ3n) is 5.27. The summed E-state index contributed by atoms with van der Waals surface area (Å²) in [5, 5.41) is 16.7. The van der Waals surface area contributed by atoms with Crippen LogP contribution in [0.3, 0.4) is 0 Å². The molecule has 1 aromatic heterocycles. The minimum Gasteiger partial charge on any atom is -0.508 e. The second-order valence-corrected chi connectivity index (χ2v) is 7.41. The van der Waals surface area contributed by atoms with Crippen molar-refractivity contribution in [3.8, 4) is 5.75 Å². The Morgan fingerprint density at radius 3 is 2.78 bits per heavy atom. The van der Waals surface area contributed by atoms with Gasteiger partial charge in [0.2, 0.25) is 0 Å². The highest BCUT2D eigenvalue weighted by Crippen LogP contribution is 2.22. The number of rotatable bonds is 7. The standard InChI is InChI=1S/C21H30N4O2/c1-24-16-18(15-23-24)5-4-13-22-21(27)25-14-3-2-6-19(25)10-7-17-8-11-20(26)12-9-17/h8-9,11-12,15-16,19,26H,2-7,10,13-14H2,1H3,(H,22,27). The molecule has 1 aliphatic rings. The SMILES string of the molecule is Cn1cc(CCCNC(=O)N2CCCCC2CCc2ccc(O)cc2)cn1. The van der Waals surface area contributed by atoms with E-state index in [1.54, 1.807) is 16.8 Å². The Hall–Kier alpha value is -2.50. The number of nitrogens with zero attached hydrogens (tertiary/aromatic N) is 3. The first-order valence-electron chi connectivity index (χ1n) is 9.92. The van der Waals surface area contributed by atoms with Crippen LogP contribution in [0, 0.1) is 0 Å². The second-order valence-electron chi connectivity index (χ2n) is 7.41. The van der Waals surface area contributed by atoms with E-state index in [0.717, 1.165) is 45.1 Å². The first-order chi connectivity index (χ1) is 13.1. The molecule has 27 heavy (non-hydrogen) atoms. The first-order valence-corrected chi connectivity index (χ1v) is 9.92. The maximum atomic E-state index is 12.6. The van der Waals surface area contributed by atoms with E-state index < -0.39 is 0 Å². The fraction of sp³-hybridized carbons (Fsp3) is 0.524. The van der Waals surface area contributed by atoms with E-state index in [1.165, 1.54) is 17.5 Å². The number of likely N-dealkylation sites (tertiary alicyclic amines) is 1. The lowest BCUT2D eigenvalue weighted by Gasteiger charge is -2.36. The summed E-state index contributed by atoms with van der Waals surface area (Å²) in [6, 6.07) is 7.73. The van der Waals surface area contributed by atoms with Gasteiger partial charge in [0.25, 0.3) is 0 Å². The molecule has 0 bridgehead atoms. The van der Waals surface area contributed by atoms with Crippen LogP contribution in [0.15, 0.2) is 36.7 Å². The summed E-state index contributed by atoms with van der Waals surface area (Å²) in [6.45, 7) is 1.53. The van der Waals surface area contributed by atoms with Gasteiger partial charge in [0, 0.05) is 32.4 Å². The Bertz CT molecular complexity index is 726. The van der Waals surface area contributed by atoms with Crippen molar-refractivity contribution in [2.45, 2.75) is 51.0 Å². The zero-order valence-corrected chi connectivity index (χ0v) is 16.1. The fourth-order valence-electron chi connectivity index (χ4n) is 3.75. The van der Waals surface area contributed by atoms with E-state index in [4.69, 9.17) is 0 Å². The Morgan fingerprint density at radius 1 is 1.22 bits per heavy atom. The number of aromatic nitrogens is 2. The lowest BCUT2D eigenvalue weighted by Crippen LogP contribution is -2.49. The molecule has 0 aliphatic carbocycles. The number of benzene rings is 1. The summed E-state index contributed by atoms with van der Waals surface area (Å²) in [4.78, 5) is 14.7. The van der Waals surface area contributed by atoms with Crippen LogP contribution in [-0.4, -0.2) is 44.9 Å². The molecule has 146 valence electrons. The molecule has 2 aromatic rings. The Morgan fingerprint density at radius 2 is 2.04 bits per heavy atom. The molecule has 2 heterocycles. The molecule has 0 spiro atoms. The molecule has 0 radical (unpaired) electrons. The summed E-state index contributed by atoms with van der Waals surface area (Å²) in [6.07, 6.45) is 11.0. The van der Waals surface area contributed by atoms with Gasteiger partial charge in [-0.25, -0.2) is 4.79 Å². The first kappa shape index (κ1) is 19.3. The highest BCUT2D eigenvalue weighted by molar-refractivity contribution is 5.74. The van der Waals surface area contributed by atoms with Gasteiger partial charge in [-0.05, 0) is 68.2 Å². The maximum Gasteiger partial charge on any atom is 0.317 e. The summed E-state index contributed by atoms with van der Waals surface area (Å²) in [5.74, 6) is 0.295. The number of phenolic OH excluding ortho intramolecular Hbond substituents is 1. The number of piperidine rings is 1. The number of amides is 2. The number of carbonyl (C=O) groups excluding carboxylic acids is 1. The highest BCUT2D eigenvalue weighted by Gasteiger charge is 2.26. The third kappa shape index (κ3) is 5.74. The van der Waals surface area contributed by atoms with E-state index in [-0.39, 0.29) is 6.03 Å². The fourth-order valence-corrected chi connectivity index (χ4v) is 3.75. The van der Waals surface area contributed by atoms with Crippen LogP contribution in [0.2, 0.25) is 0 Å². The van der Waals surface area contributed by atoms with E-state index in [9.17, 15) is 9.90 Å². The number of hydrogen-bond acceptors (Lipinski definition) is 3. The van der Waals surface area contributed by atoms with Crippen LogP contribution in [0.4, 0.5) is 4.79 Å². The average Bonchev–Trinajstić information content (AvgIpc) is 3.10. The van der Waals surface area contributed by atoms with Gasteiger partial charge in [-0.2, -0.15) is 5.10 Å².